The lowest BCUT2D eigenvalue weighted by Crippen LogP contribution is -2.19. The van der Waals surface area contributed by atoms with Gasteiger partial charge in [-0.25, -0.2) is 0 Å². The number of carbonyl (C=O) groups is 1. The Morgan fingerprint density at radius 2 is 2.00 bits per heavy atom. The molecule has 0 aromatic heterocycles. The number of anilines is 2. The highest BCUT2D eigenvalue weighted by Crippen LogP contribution is 2.40. The van der Waals surface area contributed by atoms with E-state index in [-0.39, 0.29) is 5.91 Å². The molecule has 0 spiro atoms. The second-order valence-electron chi connectivity index (χ2n) is 5.12. The molecule has 0 atom stereocenters. The molecule has 1 aliphatic carbocycles. The smallest absolute Gasteiger partial charge is 0.224 e. The van der Waals surface area contributed by atoms with E-state index in [1.807, 2.05) is 17.8 Å². The van der Waals surface area contributed by atoms with Gasteiger partial charge >= 0.3 is 0 Å². The molecule has 1 aromatic rings. The largest absolute Gasteiger partial charge is 0.398 e. The summed E-state index contributed by atoms with van der Waals surface area (Å²) < 4.78 is 0. The van der Waals surface area contributed by atoms with Gasteiger partial charge < -0.3 is 11.1 Å². The van der Waals surface area contributed by atoms with Gasteiger partial charge in [0.2, 0.25) is 5.91 Å². The minimum atomic E-state index is 0.0955. The minimum Gasteiger partial charge on any atom is -0.398 e. The molecule has 0 saturated heterocycles. The summed E-state index contributed by atoms with van der Waals surface area (Å²) in [6.45, 7) is 0. The van der Waals surface area contributed by atoms with Gasteiger partial charge in [-0.05, 0) is 37.0 Å². The molecule has 4 heteroatoms. The number of nitrogens with one attached hydrogen (secondary N) is 1. The molecular weight excluding hydrogens is 244 g/mol. The Balaban J connectivity index is 1.84. The van der Waals surface area contributed by atoms with Crippen LogP contribution in [0.2, 0.25) is 0 Å². The highest BCUT2D eigenvalue weighted by Gasteiger charge is 2.20. The predicted octanol–water partition coefficient (Wildman–Crippen LogP) is 3.19. The number of hydrogen-bond acceptors (Lipinski definition) is 3. The van der Waals surface area contributed by atoms with E-state index in [2.05, 4.69) is 11.4 Å². The first-order valence-corrected chi connectivity index (χ1v) is 7.49. The summed E-state index contributed by atoms with van der Waals surface area (Å²) in [5, 5.41) is 3.62. The van der Waals surface area contributed by atoms with E-state index in [1.54, 1.807) is 0 Å². The fourth-order valence-corrected chi connectivity index (χ4v) is 4.04. The lowest BCUT2D eigenvalue weighted by Gasteiger charge is -2.20. The second kappa shape index (κ2) is 4.84. The molecule has 3 nitrogen and oxygen atoms in total. The normalized spacial score (nSPS) is 19.7. The number of nitrogen functional groups attached to an aromatic ring is 1. The Morgan fingerprint density at radius 1 is 1.22 bits per heavy atom. The third kappa shape index (κ3) is 2.34. The molecule has 2 aliphatic rings. The summed E-state index contributed by atoms with van der Waals surface area (Å²) in [6, 6.07) is 4.09. The second-order valence-corrected chi connectivity index (χ2v) is 6.46. The maximum absolute atomic E-state index is 11.3. The number of rotatable bonds is 2. The lowest BCUT2D eigenvalue weighted by atomic mass is 10.0. The van der Waals surface area contributed by atoms with Gasteiger partial charge in [0.15, 0.2) is 0 Å². The molecule has 0 bridgehead atoms. The van der Waals surface area contributed by atoms with Crippen molar-refractivity contribution in [2.24, 2.45) is 0 Å². The average Bonchev–Trinajstić information content (AvgIpc) is 2.83. The molecule has 1 saturated carbocycles. The first-order chi connectivity index (χ1) is 8.72. The topological polar surface area (TPSA) is 55.1 Å². The van der Waals surface area contributed by atoms with Crippen LogP contribution in [-0.2, 0) is 11.2 Å². The van der Waals surface area contributed by atoms with Crippen LogP contribution >= 0.6 is 11.8 Å². The Kier molecular flexibility index (Phi) is 3.20. The molecule has 0 radical (unpaired) electrons. The van der Waals surface area contributed by atoms with E-state index in [0.717, 1.165) is 23.0 Å². The van der Waals surface area contributed by atoms with Crippen LogP contribution in [0.3, 0.4) is 0 Å². The van der Waals surface area contributed by atoms with Crippen LogP contribution in [0.4, 0.5) is 11.4 Å². The van der Waals surface area contributed by atoms with Gasteiger partial charge in [-0.15, -0.1) is 11.8 Å². The summed E-state index contributed by atoms with van der Waals surface area (Å²) in [5.74, 6) is 0.0955. The van der Waals surface area contributed by atoms with E-state index >= 15 is 0 Å². The maximum Gasteiger partial charge on any atom is 0.224 e. The number of aryl methyl sites for hydroxylation is 1. The molecule has 1 heterocycles. The summed E-state index contributed by atoms with van der Waals surface area (Å²) in [7, 11) is 0. The number of nitrogens with two attached hydrogens (primary N) is 1. The Morgan fingerprint density at radius 3 is 2.78 bits per heavy atom. The number of benzene rings is 1. The first kappa shape index (κ1) is 11.9. The van der Waals surface area contributed by atoms with E-state index in [1.165, 1.54) is 36.1 Å². The molecule has 1 aliphatic heterocycles. The van der Waals surface area contributed by atoms with Crippen molar-refractivity contribution in [3.05, 3.63) is 17.7 Å². The third-order valence-electron chi connectivity index (χ3n) is 3.73. The van der Waals surface area contributed by atoms with E-state index < -0.39 is 0 Å². The van der Waals surface area contributed by atoms with Crippen LogP contribution in [0.5, 0.6) is 0 Å². The van der Waals surface area contributed by atoms with Gasteiger partial charge in [0.25, 0.3) is 0 Å². The van der Waals surface area contributed by atoms with E-state index in [4.69, 9.17) is 5.73 Å². The first-order valence-electron chi connectivity index (χ1n) is 6.61. The molecule has 1 amide bonds. The number of thioether (sulfide) groups is 1. The van der Waals surface area contributed by atoms with Gasteiger partial charge in [0.1, 0.15) is 0 Å². The lowest BCUT2D eigenvalue weighted by molar-refractivity contribution is -0.116. The SMILES string of the molecule is Nc1cc2c(cc1SC1CCCC1)CCC(=O)N2. The molecular formula is C14H18N2OS. The zero-order chi connectivity index (χ0) is 12.5. The van der Waals surface area contributed by atoms with Crippen LogP contribution in [0, 0.1) is 0 Å². The van der Waals surface area contributed by atoms with Crippen LogP contribution in [0.15, 0.2) is 17.0 Å². The molecule has 3 rings (SSSR count). The zero-order valence-corrected chi connectivity index (χ0v) is 11.2. The van der Waals surface area contributed by atoms with Crippen molar-refractivity contribution < 1.29 is 4.79 Å². The summed E-state index contributed by atoms with van der Waals surface area (Å²) in [6.07, 6.45) is 6.72. The van der Waals surface area contributed by atoms with Crippen LogP contribution in [0.1, 0.15) is 37.7 Å². The molecule has 3 N–H and O–H groups in total. The minimum absolute atomic E-state index is 0.0955. The third-order valence-corrected chi connectivity index (χ3v) is 5.14. The van der Waals surface area contributed by atoms with Gasteiger partial charge in [0.05, 0.1) is 0 Å². The fraction of sp³-hybridized carbons (Fsp3) is 0.500. The van der Waals surface area contributed by atoms with Crippen LogP contribution < -0.4 is 11.1 Å². The van der Waals surface area contributed by atoms with Crippen LogP contribution in [-0.4, -0.2) is 11.2 Å². The molecule has 1 aromatic carbocycles. The van der Waals surface area contributed by atoms with Crippen molar-refractivity contribution in [2.45, 2.75) is 48.7 Å². The van der Waals surface area contributed by atoms with Gasteiger partial charge in [-0.1, -0.05) is 12.8 Å². The number of fused-ring (bicyclic) bond motifs is 1. The quantitative estimate of drug-likeness (QED) is 0.805. The van der Waals surface area contributed by atoms with Gasteiger partial charge in [-0.2, -0.15) is 0 Å². The van der Waals surface area contributed by atoms with E-state index in [9.17, 15) is 4.79 Å². The van der Waals surface area contributed by atoms with Crippen molar-refractivity contribution in [1.29, 1.82) is 0 Å². The summed E-state index contributed by atoms with van der Waals surface area (Å²) >= 11 is 1.91. The summed E-state index contributed by atoms with van der Waals surface area (Å²) in [5.41, 5.74) is 9.02. The standard InChI is InChI=1S/C14H18N2OS/c15-11-8-12-9(5-6-14(17)16-12)7-13(11)18-10-3-1-2-4-10/h7-8,10H,1-6,15H2,(H,16,17). The van der Waals surface area contributed by atoms with Crippen LogP contribution in [0.25, 0.3) is 0 Å². The average molecular weight is 262 g/mol. The Labute approximate surface area is 112 Å². The van der Waals surface area contributed by atoms with Crippen molar-refractivity contribution in [1.82, 2.24) is 0 Å². The molecule has 18 heavy (non-hydrogen) atoms. The summed E-state index contributed by atoms with van der Waals surface area (Å²) in [4.78, 5) is 12.5. The van der Waals surface area contributed by atoms with Gasteiger partial charge in [0, 0.05) is 27.9 Å². The van der Waals surface area contributed by atoms with Gasteiger partial charge in [-0.3, -0.25) is 4.79 Å². The Hall–Kier alpha value is -1.16. The van der Waals surface area contributed by atoms with Crippen molar-refractivity contribution in [3.63, 3.8) is 0 Å². The van der Waals surface area contributed by atoms with E-state index in [0.29, 0.717) is 6.42 Å². The number of carbonyl (C=O) groups excluding carboxylic acids is 1. The highest BCUT2D eigenvalue weighted by molar-refractivity contribution is 8.00. The zero-order valence-electron chi connectivity index (χ0n) is 10.4. The maximum atomic E-state index is 11.3. The molecule has 1 fully saturated rings. The van der Waals surface area contributed by atoms with Crippen molar-refractivity contribution in [2.75, 3.05) is 11.1 Å². The van der Waals surface area contributed by atoms with Crippen molar-refractivity contribution >= 4 is 29.0 Å². The number of hydrogen-bond donors (Lipinski definition) is 2. The predicted molar refractivity (Wildman–Crippen MR) is 75.9 cm³/mol. The fourth-order valence-electron chi connectivity index (χ4n) is 2.71. The monoisotopic (exact) mass is 262 g/mol. The highest BCUT2D eigenvalue weighted by atomic mass is 32.2. The Bertz CT molecular complexity index is 481. The number of amides is 1. The van der Waals surface area contributed by atoms with Crippen molar-refractivity contribution in [3.8, 4) is 0 Å². The molecule has 0 unspecified atom stereocenters. The molecule has 96 valence electrons.